The lowest BCUT2D eigenvalue weighted by Gasteiger charge is -2.08. The molecular formula is C8H17N. The van der Waals surface area contributed by atoms with Gasteiger partial charge in [0.15, 0.2) is 0 Å². The SMILES string of the molecule is C=C1CCCN1C.CC. The molecule has 1 aliphatic rings. The largest absolute Gasteiger partial charge is 0.378 e. The van der Waals surface area contributed by atoms with Crippen molar-refractivity contribution in [2.75, 3.05) is 13.6 Å². The zero-order chi connectivity index (χ0) is 7.28. The smallest absolute Gasteiger partial charge is 0.0175 e. The molecule has 0 spiro atoms. The molecule has 0 saturated carbocycles. The van der Waals surface area contributed by atoms with Crippen LogP contribution in [0.25, 0.3) is 0 Å². The molecule has 0 aliphatic carbocycles. The Morgan fingerprint density at radius 1 is 1.44 bits per heavy atom. The summed E-state index contributed by atoms with van der Waals surface area (Å²) in [7, 11) is 2.09. The van der Waals surface area contributed by atoms with Gasteiger partial charge < -0.3 is 4.90 Å². The highest BCUT2D eigenvalue weighted by atomic mass is 15.1. The molecule has 0 atom stereocenters. The van der Waals surface area contributed by atoms with E-state index in [2.05, 4.69) is 18.5 Å². The summed E-state index contributed by atoms with van der Waals surface area (Å²) in [6.07, 6.45) is 2.51. The standard InChI is InChI=1S/C6H11N.C2H6/c1-6-4-3-5-7(6)2;1-2/h1,3-5H2,2H3;1-2H3. The first-order valence-electron chi connectivity index (χ1n) is 3.69. The second-order valence-electron chi connectivity index (χ2n) is 2.09. The molecule has 0 radical (unpaired) electrons. The zero-order valence-electron chi connectivity index (χ0n) is 6.78. The second-order valence-corrected chi connectivity index (χ2v) is 2.09. The van der Waals surface area contributed by atoms with Crippen molar-refractivity contribution in [3.05, 3.63) is 12.3 Å². The fourth-order valence-electron chi connectivity index (χ4n) is 0.869. The molecule has 1 heterocycles. The Morgan fingerprint density at radius 3 is 2.11 bits per heavy atom. The molecule has 0 bridgehead atoms. The predicted octanol–water partition coefficient (Wildman–Crippen LogP) is 2.25. The first-order valence-corrected chi connectivity index (χ1v) is 3.69. The van der Waals surface area contributed by atoms with E-state index in [4.69, 9.17) is 0 Å². The summed E-state index contributed by atoms with van der Waals surface area (Å²) in [6, 6.07) is 0. The first-order chi connectivity index (χ1) is 4.30. The summed E-state index contributed by atoms with van der Waals surface area (Å²) in [6.45, 7) is 9.07. The van der Waals surface area contributed by atoms with Gasteiger partial charge in [0.1, 0.15) is 0 Å². The average molecular weight is 127 g/mol. The van der Waals surface area contributed by atoms with Gasteiger partial charge in [-0.1, -0.05) is 20.4 Å². The Bertz CT molecular complexity index is 86.6. The number of rotatable bonds is 0. The number of likely N-dealkylation sites (tertiary alicyclic amines) is 1. The number of nitrogens with zero attached hydrogens (tertiary/aromatic N) is 1. The molecule has 0 N–H and O–H groups in total. The minimum absolute atomic E-state index is 1.20. The van der Waals surface area contributed by atoms with Crippen molar-refractivity contribution in [3.63, 3.8) is 0 Å². The summed E-state index contributed by atoms with van der Waals surface area (Å²) < 4.78 is 0. The van der Waals surface area contributed by atoms with Crippen LogP contribution in [-0.4, -0.2) is 18.5 Å². The molecule has 54 valence electrons. The lowest BCUT2D eigenvalue weighted by atomic mass is 10.3. The van der Waals surface area contributed by atoms with Crippen LogP contribution in [0.5, 0.6) is 0 Å². The number of hydrogen-bond acceptors (Lipinski definition) is 1. The van der Waals surface area contributed by atoms with E-state index in [0.29, 0.717) is 0 Å². The molecule has 1 aliphatic heterocycles. The van der Waals surface area contributed by atoms with Crippen LogP contribution in [0.4, 0.5) is 0 Å². The van der Waals surface area contributed by atoms with Gasteiger partial charge in [-0.3, -0.25) is 0 Å². The van der Waals surface area contributed by atoms with Crippen LogP contribution in [-0.2, 0) is 0 Å². The number of hydrogen-bond donors (Lipinski definition) is 0. The second kappa shape index (κ2) is 4.42. The van der Waals surface area contributed by atoms with Crippen LogP contribution >= 0.6 is 0 Å². The molecule has 9 heavy (non-hydrogen) atoms. The highest BCUT2D eigenvalue weighted by molar-refractivity contribution is 4.97. The van der Waals surface area contributed by atoms with Gasteiger partial charge in [0.25, 0.3) is 0 Å². The molecule has 0 aromatic rings. The molecule has 0 aromatic heterocycles. The average Bonchev–Trinajstić information content (AvgIpc) is 2.23. The van der Waals surface area contributed by atoms with Crippen LogP contribution in [0.2, 0.25) is 0 Å². The van der Waals surface area contributed by atoms with E-state index in [1.54, 1.807) is 0 Å². The molecule has 0 amide bonds. The summed E-state index contributed by atoms with van der Waals surface area (Å²) >= 11 is 0. The lowest BCUT2D eigenvalue weighted by Crippen LogP contribution is -2.08. The lowest BCUT2D eigenvalue weighted by molar-refractivity contribution is 0.483. The van der Waals surface area contributed by atoms with E-state index < -0.39 is 0 Å². The van der Waals surface area contributed by atoms with Crippen molar-refractivity contribution in [3.8, 4) is 0 Å². The predicted molar refractivity (Wildman–Crippen MR) is 42.4 cm³/mol. The molecule has 0 unspecified atom stereocenters. The van der Waals surface area contributed by atoms with Gasteiger partial charge in [-0.2, -0.15) is 0 Å². The Balaban J connectivity index is 0.000000291. The van der Waals surface area contributed by atoms with E-state index in [-0.39, 0.29) is 0 Å². The van der Waals surface area contributed by atoms with Gasteiger partial charge in [0, 0.05) is 19.3 Å². The van der Waals surface area contributed by atoms with Gasteiger partial charge in [-0.25, -0.2) is 0 Å². The molecular weight excluding hydrogens is 110 g/mol. The molecule has 1 nitrogen and oxygen atoms in total. The van der Waals surface area contributed by atoms with Gasteiger partial charge in [-0.05, 0) is 12.8 Å². The van der Waals surface area contributed by atoms with Gasteiger partial charge in [-0.15, -0.1) is 0 Å². The maximum atomic E-state index is 3.86. The summed E-state index contributed by atoms with van der Waals surface area (Å²) in [5.74, 6) is 0. The van der Waals surface area contributed by atoms with Crippen LogP contribution < -0.4 is 0 Å². The van der Waals surface area contributed by atoms with Crippen molar-refractivity contribution in [1.29, 1.82) is 0 Å². The third-order valence-corrected chi connectivity index (χ3v) is 1.50. The van der Waals surface area contributed by atoms with Crippen LogP contribution in [0.1, 0.15) is 26.7 Å². The summed E-state index contributed by atoms with van der Waals surface area (Å²) in [5.41, 5.74) is 1.29. The Morgan fingerprint density at radius 2 is 2.00 bits per heavy atom. The van der Waals surface area contributed by atoms with Crippen molar-refractivity contribution in [2.45, 2.75) is 26.7 Å². The third kappa shape index (κ3) is 2.54. The fourth-order valence-corrected chi connectivity index (χ4v) is 0.869. The zero-order valence-corrected chi connectivity index (χ0v) is 6.78. The molecule has 1 fully saturated rings. The van der Waals surface area contributed by atoms with Crippen LogP contribution in [0, 0.1) is 0 Å². The fraction of sp³-hybridized carbons (Fsp3) is 0.750. The topological polar surface area (TPSA) is 3.24 Å². The normalized spacial score (nSPS) is 17.2. The third-order valence-electron chi connectivity index (χ3n) is 1.50. The maximum absolute atomic E-state index is 3.86. The quantitative estimate of drug-likeness (QED) is 0.482. The van der Waals surface area contributed by atoms with Crippen molar-refractivity contribution in [1.82, 2.24) is 4.90 Å². The van der Waals surface area contributed by atoms with Crippen molar-refractivity contribution >= 4 is 0 Å². The van der Waals surface area contributed by atoms with Crippen molar-refractivity contribution < 1.29 is 0 Å². The van der Waals surface area contributed by atoms with Crippen LogP contribution in [0.15, 0.2) is 12.3 Å². The molecule has 1 heteroatoms. The summed E-state index contributed by atoms with van der Waals surface area (Å²) in [4.78, 5) is 2.21. The van der Waals surface area contributed by atoms with Gasteiger partial charge >= 0.3 is 0 Å². The van der Waals surface area contributed by atoms with Gasteiger partial charge in [0.2, 0.25) is 0 Å². The van der Waals surface area contributed by atoms with E-state index >= 15 is 0 Å². The van der Waals surface area contributed by atoms with E-state index in [9.17, 15) is 0 Å². The number of allylic oxidation sites excluding steroid dienone is 1. The Labute approximate surface area is 58.4 Å². The first kappa shape index (κ1) is 8.54. The highest BCUT2D eigenvalue weighted by Gasteiger charge is 2.07. The van der Waals surface area contributed by atoms with Gasteiger partial charge in [0.05, 0.1) is 0 Å². The van der Waals surface area contributed by atoms with E-state index in [0.717, 1.165) is 0 Å². The van der Waals surface area contributed by atoms with Crippen LogP contribution in [0.3, 0.4) is 0 Å². The van der Waals surface area contributed by atoms with E-state index in [1.807, 2.05) is 13.8 Å². The van der Waals surface area contributed by atoms with E-state index in [1.165, 1.54) is 25.1 Å². The minimum atomic E-state index is 1.20. The summed E-state index contributed by atoms with van der Waals surface area (Å²) in [5, 5.41) is 0. The Kier molecular flexibility index (Phi) is 4.20. The highest BCUT2D eigenvalue weighted by Crippen LogP contribution is 2.14. The van der Waals surface area contributed by atoms with Crippen molar-refractivity contribution in [2.24, 2.45) is 0 Å². The molecule has 0 aromatic carbocycles. The Hall–Kier alpha value is -0.460. The maximum Gasteiger partial charge on any atom is 0.0175 e. The molecule has 1 rings (SSSR count). The minimum Gasteiger partial charge on any atom is -0.378 e. The monoisotopic (exact) mass is 127 g/mol. The molecule has 1 saturated heterocycles.